The number of aliphatic hydroxyl groups is 1. The van der Waals surface area contributed by atoms with E-state index in [-0.39, 0.29) is 42.3 Å². The van der Waals surface area contributed by atoms with Crippen LogP contribution in [0.3, 0.4) is 0 Å². The first kappa shape index (κ1) is 27.8. The van der Waals surface area contributed by atoms with Gasteiger partial charge in [0.25, 0.3) is 5.91 Å². The lowest BCUT2D eigenvalue weighted by molar-refractivity contribution is -0.155. The zero-order valence-electron chi connectivity index (χ0n) is 22.1. The molecule has 9 heteroatoms. The number of benzene rings is 1. The molecule has 8 nitrogen and oxygen atoms in total. The molecule has 1 unspecified atom stereocenters. The Hall–Kier alpha value is -2.23. The lowest BCUT2D eigenvalue weighted by Gasteiger charge is -2.40. The number of ether oxygens (including phenoxy) is 2. The van der Waals surface area contributed by atoms with Crippen molar-refractivity contribution in [1.29, 1.82) is 0 Å². The molecule has 0 aliphatic carbocycles. The number of aryl methyl sites for hydroxylation is 2. The fourth-order valence-corrected chi connectivity index (χ4v) is 7.37. The minimum atomic E-state index is -1.22. The van der Waals surface area contributed by atoms with Crippen molar-refractivity contribution >= 4 is 39.4 Å². The van der Waals surface area contributed by atoms with Gasteiger partial charge in [-0.1, -0.05) is 48.0 Å². The summed E-state index contributed by atoms with van der Waals surface area (Å²) in [5.74, 6) is -2.97. The Morgan fingerprint density at radius 1 is 1.38 bits per heavy atom. The van der Waals surface area contributed by atoms with Gasteiger partial charge in [-0.25, -0.2) is 0 Å². The molecular formula is C28H37BrN2O6. The van der Waals surface area contributed by atoms with Crippen LogP contribution in [0.4, 0.5) is 5.69 Å². The van der Waals surface area contributed by atoms with Crippen molar-refractivity contribution in [2.45, 2.75) is 69.7 Å². The number of amides is 2. The number of anilines is 1. The first-order valence-corrected chi connectivity index (χ1v) is 13.9. The SMILES string of the molecule is C=CCN(C(=O)[C@@H]1N([C@@H](CO)C(C)C)C(=O)[C@H]2[C@H](C(=O)OCC)[C@H]3O[C@@]12CC3Br)c1cc(C)ccc1C. The standard InChI is InChI=1S/C28H37BrN2O6/c1-7-11-30(19-12-16(5)9-10-17(19)6)26(34)24-28-13-18(29)23(37-28)21(27(35)36-8-2)22(28)25(33)31(24)20(14-32)15(3)4/h7,9-10,12,15,18,20-24,32H,1,8,11,13-14H2,2-6H3/t18?,20-,21-,22+,23-,24-,28+/m0/s1. The van der Waals surface area contributed by atoms with E-state index in [1.54, 1.807) is 17.9 Å². The molecule has 1 N–H and O–H groups in total. The number of esters is 1. The molecular weight excluding hydrogens is 540 g/mol. The Balaban J connectivity index is 1.88. The summed E-state index contributed by atoms with van der Waals surface area (Å²) in [5.41, 5.74) is 1.42. The molecule has 3 aliphatic heterocycles. The Labute approximate surface area is 227 Å². The summed E-state index contributed by atoms with van der Waals surface area (Å²) in [5, 5.41) is 10.4. The summed E-state index contributed by atoms with van der Waals surface area (Å²) in [6, 6.07) is 4.25. The average molecular weight is 578 g/mol. The highest BCUT2D eigenvalue weighted by Gasteiger charge is 2.77. The zero-order chi connectivity index (χ0) is 27.2. The fraction of sp³-hybridized carbons (Fsp3) is 0.607. The highest BCUT2D eigenvalue weighted by atomic mass is 79.9. The third kappa shape index (κ3) is 4.33. The van der Waals surface area contributed by atoms with Gasteiger partial charge >= 0.3 is 5.97 Å². The number of alkyl halides is 1. The minimum absolute atomic E-state index is 0.133. The second-order valence-electron chi connectivity index (χ2n) is 10.7. The van der Waals surface area contributed by atoms with Gasteiger partial charge in [0, 0.05) is 17.1 Å². The van der Waals surface area contributed by atoms with Gasteiger partial charge in [0.15, 0.2) is 0 Å². The van der Waals surface area contributed by atoms with Gasteiger partial charge in [0.1, 0.15) is 11.6 Å². The third-order valence-electron chi connectivity index (χ3n) is 8.07. The number of hydrogen-bond acceptors (Lipinski definition) is 6. The monoisotopic (exact) mass is 576 g/mol. The number of nitrogens with zero attached hydrogens (tertiary/aromatic N) is 2. The number of fused-ring (bicyclic) bond motifs is 1. The Kier molecular flexibility index (Phi) is 7.89. The van der Waals surface area contributed by atoms with Gasteiger partial charge in [0.2, 0.25) is 5.91 Å². The van der Waals surface area contributed by atoms with Gasteiger partial charge in [-0.2, -0.15) is 0 Å². The molecule has 37 heavy (non-hydrogen) atoms. The van der Waals surface area contributed by atoms with E-state index in [2.05, 4.69) is 22.5 Å². The van der Waals surface area contributed by atoms with Gasteiger partial charge in [0.05, 0.1) is 37.2 Å². The third-order valence-corrected chi connectivity index (χ3v) is 8.91. The molecule has 2 bridgehead atoms. The van der Waals surface area contributed by atoms with Crippen molar-refractivity contribution in [3.05, 3.63) is 42.0 Å². The first-order valence-electron chi connectivity index (χ1n) is 12.9. The molecule has 7 atom stereocenters. The smallest absolute Gasteiger partial charge is 0.312 e. The summed E-state index contributed by atoms with van der Waals surface area (Å²) in [4.78, 5) is 44.8. The van der Waals surface area contributed by atoms with Crippen LogP contribution in [0.2, 0.25) is 0 Å². The normalized spacial score (nSPS) is 31.0. The van der Waals surface area contributed by atoms with E-state index in [1.165, 1.54) is 4.90 Å². The molecule has 2 amide bonds. The molecule has 1 aromatic rings. The van der Waals surface area contributed by atoms with Crippen LogP contribution in [0.15, 0.2) is 30.9 Å². The second kappa shape index (κ2) is 10.5. The average Bonchev–Trinajstić information content (AvgIpc) is 3.43. The predicted molar refractivity (Wildman–Crippen MR) is 143 cm³/mol. The van der Waals surface area contributed by atoms with Crippen LogP contribution in [0, 0.1) is 31.6 Å². The van der Waals surface area contributed by atoms with Gasteiger partial charge in [-0.15, -0.1) is 6.58 Å². The topological polar surface area (TPSA) is 96.4 Å². The molecule has 0 aromatic heterocycles. The van der Waals surface area contributed by atoms with Gasteiger partial charge in [-0.05, 0) is 50.3 Å². The van der Waals surface area contributed by atoms with Crippen molar-refractivity contribution in [3.63, 3.8) is 0 Å². The second-order valence-corrected chi connectivity index (χ2v) is 11.9. The lowest BCUT2D eigenvalue weighted by atomic mass is 9.70. The number of rotatable bonds is 9. The molecule has 1 spiro atoms. The van der Waals surface area contributed by atoms with Crippen LogP contribution in [0.5, 0.6) is 0 Å². The summed E-state index contributed by atoms with van der Waals surface area (Å²) in [6.45, 7) is 13.4. The summed E-state index contributed by atoms with van der Waals surface area (Å²) >= 11 is 3.67. The van der Waals surface area contributed by atoms with Crippen LogP contribution >= 0.6 is 15.9 Å². The van der Waals surface area contributed by atoms with Crippen LogP contribution < -0.4 is 4.90 Å². The number of halogens is 1. The van der Waals surface area contributed by atoms with E-state index in [0.717, 1.165) is 16.8 Å². The molecule has 3 aliphatic rings. The number of likely N-dealkylation sites (tertiary alicyclic amines) is 1. The maximum absolute atomic E-state index is 14.6. The van der Waals surface area contributed by atoms with Gasteiger partial charge in [-0.3, -0.25) is 14.4 Å². The maximum atomic E-state index is 14.6. The Bertz CT molecular complexity index is 1090. The van der Waals surface area contributed by atoms with Gasteiger partial charge < -0.3 is 24.4 Å². The molecule has 3 saturated heterocycles. The van der Waals surface area contributed by atoms with Crippen molar-refractivity contribution < 1.29 is 29.0 Å². The Morgan fingerprint density at radius 2 is 2.08 bits per heavy atom. The van der Waals surface area contributed by atoms with Crippen LogP contribution in [0.25, 0.3) is 0 Å². The largest absolute Gasteiger partial charge is 0.466 e. The summed E-state index contributed by atoms with van der Waals surface area (Å²) in [7, 11) is 0. The molecule has 4 rings (SSSR count). The molecule has 0 saturated carbocycles. The molecule has 202 valence electrons. The van der Waals surface area contributed by atoms with E-state index in [4.69, 9.17) is 9.47 Å². The molecule has 0 radical (unpaired) electrons. The van der Waals surface area contributed by atoms with Crippen molar-refractivity contribution in [1.82, 2.24) is 4.90 Å². The molecule has 3 heterocycles. The summed E-state index contributed by atoms with van der Waals surface area (Å²) in [6.07, 6.45) is 1.47. The van der Waals surface area contributed by atoms with E-state index in [1.807, 2.05) is 45.9 Å². The van der Waals surface area contributed by atoms with Crippen LogP contribution in [-0.4, -0.2) is 76.2 Å². The summed E-state index contributed by atoms with van der Waals surface area (Å²) < 4.78 is 11.9. The number of carbonyl (C=O) groups is 3. The van der Waals surface area contributed by atoms with E-state index < -0.39 is 41.6 Å². The maximum Gasteiger partial charge on any atom is 0.312 e. The predicted octanol–water partition coefficient (Wildman–Crippen LogP) is 3.15. The van der Waals surface area contributed by atoms with Crippen molar-refractivity contribution in [2.24, 2.45) is 17.8 Å². The number of aliphatic hydroxyl groups excluding tert-OH is 1. The highest BCUT2D eigenvalue weighted by Crippen LogP contribution is 2.61. The Morgan fingerprint density at radius 3 is 2.68 bits per heavy atom. The first-order chi connectivity index (χ1) is 17.5. The lowest BCUT2D eigenvalue weighted by Crippen LogP contribution is -2.60. The highest BCUT2D eigenvalue weighted by molar-refractivity contribution is 9.09. The van der Waals surface area contributed by atoms with Crippen molar-refractivity contribution in [3.8, 4) is 0 Å². The number of hydrogen-bond donors (Lipinski definition) is 1. The van der Waals surface area contributed by atoms with Crippen molar-refractivity contribution in [2.75, 3.05) is 24.7 Å². The quantitative estimate of drug-likeness (QED) is 0.275. The van der Waals surface area contributed by atoms with E-state index >= 15 is 0 Å². The molecule has 3 fully saturated rings. The zero-order valence-corrected chi connectivity index (χ0v) is 23.7. The minimum Gasteiger partial charge on any atom is -0.466 e. The number of carbonyl (C=O) groups excluding carboxylic acids is 3. The van der Waals surface area contributed by atoms with Crippen LogP contribution in [-0.2, 0) is 23.9 Å². The van der Waals surface area contributed by atoms with E-state index in [9.17, 15) is 19.5 Å². The van der Waals surface area contributed by atoms with E-state index in [0.29, 0.717) is 6.42 Å². The molecule has 1 aromatic carbocycles. The fourth-order valence-electron chi connectivity index (χ4n) is 6.43. The van der Waals surface area contributed by atoms with Crippen LogP contribution in [0.1, 0.15) is 38.3 Å².